The number of carbonyl (C=O) groups excluding carboxylic acids is 1. The molecule has 0 bridgehead atoms. The molecule has 0 saturated carbocycles. The molecule has 0 saturated heterocycles. The van der Waals surface area contributed by atoms with Crippen LogP contribution in [0.4, 0.5) is 0 Å². The lowest BCUT2D eigenvalue weighted by atomic mass is 10.1. The van der Waals surface area contributed by atoms with Gasteiger partial charge in [-0.25, -0.2) is 0 Å². The van der Waals surface area contributed by atoms with Gasteiger partial charge in [-0.15, -0.1) is 0 Å². The molecule has 1 amide bonds. The Morgan fingerprint density at radius 2 is 1.58 bits per heavy atom. The normalized spacial score (nSPS) is 8.92. The highest BCUT2D eigenvalue weighted by atomic mass is 16.1. The van der Waals surface area contributed by atoms with Crippen molar-refractivity contribution in [1.29, 1.82) is 0 Å². The number of pyridine rings is 2. The van der Waals surface area contributed by atoms with E-state index < -0.39 is 0 Å². The fourth-order valence-corrected chi connectivity index (χ4v) is 1.79. The van der Waals surface area contributed by atoms with Crippen molar-refractivity contribution >= 4 is 6.41 Å². The largest absolute Gasteiger partial charge is 0.372 e. The van der Waals surface area contributed by atoms with Gasteiger partial charge in [0.15, 0.2) is 0 Å². The number of rotatable bonds is 2. The van der Waals surface area contributed by atoms with Crippen molar-refractivity contribution in [3.8, 4) is 11.3 Å². The summed E-state index contributed by atoms with van der Waals surface area (Å²) in [7, 11) is 0. The summed E-state index contributed by atoms with van der Waals surface area (Å²) in [6, 6.07) is 20.0. The molecule has 1 aromatic carbocycles. The van der Waals surface area contributed by atoms with Gasteiger partial charge >= 0.3 is 0 Å². The van der Waals surface area contributed by atoms with E-state index in [-0.39, 0.29) is 6.41 Å². The van der Waals surface area contributed by atoms with E-state index in [1.807, 2.05) is 67.6 Å². The third-order valence-corrected chi connectivity index (χ3v) is 2.93. The van der Waals surface area contributed by atoms with E-state index >= 15 is 0 Å². The van der Waals surface area contributed by atoms with Crippen molar-refractivity contribution in [2.24, 2.45) is 11.5 Å². The molecule has 0 unspecified atom stereocenters. The van der Waals surface area contributed by atoms with Crippen molar-refractivity contribution in [2.45, 2.75) is 13.5 Å². The highest BCUT2D eigenvalue weighted by Gasteiger charge is 1.98. The third kappa shape index (κ3) is 7.29. The van der Waals surface area contributed by atoms with Crippen LogP contribution >= 0.6 is 0 Å². The van der Waals surface area contributed by atoms with Gasteiger partial charge in [0, 0.05) is 24.5 Å². The molecular weight excluding hydrogens is 300 g/mol. The van der Waals surface area contributed by atoms with E-state index in [1.165, 1.54) is 5.56 Å². The second-order valence-corrected chi connectivity index (χ2v) is 4.74. The van der Waals surface area contributed by atoms with E-state index in [4.69, 9.17) is 10.5 Å². The Bertz CT molecular complexity index is 703. The quantitative estimate of drug-likeness (QED) is 0.709. The third-order valence-electron chi connectivity index (χ3n) is 2.93. The van der Waals surface area contributed by atoms with Crippen LogP contribution in [0.25, 0.3) is 11.3 Å². The molecule has 5 heteroatoms. The summed E-state index contributed by atoms with van der Waals surface area (Å²) in [5, 5.41) is 0. The van der Waals surface area contributed by atoms with Gasteiger partial charge in [0.05, 0.1) is 11.4 Å². The predicted molar refractivity (Wildman–Crippen MR) is 96.8 cm³/mol. The second-order valence-electron chi connectivity index (χ2n) is 4.74. The van der Waals surface area contributed by atoms with Crippen LogP contribution in [0.5, 0.6) is 0 Å². The summed E-state index contributed by atoms with van der Waals surface area (Å²) < 4.78 is 0. The summed E-state index contributed by atoms with van der Waals surface area (Å²) in [5.74, 6) is 0. The summed E-state index contributed by atoms with van der Waals surface area (Å²) in [5.41, 5.74) is 14.0. The first kappa shape index (κ1) is 19.0. The first-order valence-corrected chi connectivity index (χ1v) is 7.44. The second kappa shape index (κ2) is 11.5. The molecule has 0 radical (unpaired) electrons. The van der Waals surface area contributed by atoms with Gasteiger partial charge in [0.1, 0.15) is 0 Å². The number of hydrogen-bond acceptors (Lipinski definition) is 4. The van der Waals surface area contributed by atoms with Crippen LogP contribution in [0, 0.1) is 6.92 Å². The first-order valence-electron chi connectivity index (χ1n) is 7.44. The molecule has 5 nitrogen and oxygen atoms in total. The molecule has 4 N–H and O–H groups in total. The number of nitrogens with zero attached hydrogens (tertiary/aromatic N) is 2. The Kier molecular flexibility index (Phi) is 9.11. The maximum Gasteiger partial charge on any atom is 0.204 e. The van der Waals surface area contributed by atoms with Crippen molar-refractivity contribution in [3.63, 3.8) is 0 Å². The van der Waals surface area contributed by atoms with E-state index in [1.54, 1.807) is 12.4 Å². The van der Waals surface area contributed by atoms with Gasteiger partial charge in [-0.05, 0) is 36.8 Å². The van der Waals surface area contributed by atoms with Crippen molar-refractivity contribution in [2.75, 3.05) is 0 Å². The van der Waals surface area contributed by atoms with Crippen molar-refractivity contribution in [1.82, 2.24) is 9.97 Å². The van der Waals surface area contributed by atoms with Gasteiger partial charge in [0.25, 0.3) is 0 Å². The maximum atomic E-state index is 8.58. The van der Waals surface area contributed by atoms with Gasteiger partial charge in [-0.1, -0.05) is 36.4 Å². The Morgan fingerprint density at radius 3 is 2.08 bits per heavy atom. The summed E-state index contributed by atoms with van der Waals surface area (Å²) in [4.78, 5) is 16.9. The minimum Gasteiger partial charge on any atom is -0.372 e. The molecule has 0 fully saturated rings. The minimum atomic E-state index is 0.250. The zero-order valence-electron chi connectivity index (χ0n) is 13.7. The fourth-order valence-electron chi connectivity index (χ4n) is 1.79. The van der Waals surface area contributed by atoms with Gasteiger partial charge in [-0.2, -0.15) is 0 Å². The van der Waals surface area contributed by atoms with Crippen LogP contribution in [0.3, 0.4) is 0 Å². The van der Waals surface area contributed by atoms with Crippen LogP contribution in [0.15, 0.2) is 73.1 Å². The number of benzene rings is 1. The molecule has 0 aliphatic carbocycles. The molecule has 3 aromatic rings. The van der Waals surface area contributed by atoms with Crippen molar-refractivity contribution < 1.29 is 4.79 Å². The van der Waals surface area contributed by atoms with Crippen LogP contribution in [0.1, 0.15) is 11.3 Å². The lowest BCUT2D eigenvalue weighted by Crippen LogP contribution is -1.99. The molecule has 0 atom stereocenters. The van der Waals surface area contributed by atoms with Gasteiger partial charge < -0.3 is 11.5 Å². The maximum absolute atomic E-state index is 8.58. The molecule has 3 rings (SSSR count). The Balaban J connectivity index is 0.000000241. The van der Waals surface area contributed by atoms with Crippen LogP contribution in [0.2, 0.25) is 0 Å². The average molecular weight is 322 g/mol. The summed E-state index contributed by atoms with van der Waals surface area (Å²) in [6.07, 6.45) is 3.82. The molecule has 0 spiro atoms. The minimum absolute atomic E-state index is 0.250. The molecular formula is C19H22N4O. The summed E-state index contributed by atoms with van der Waals surface area (Å²) in [6.45, 7) is 2.53. The number of primary amides is 1. The fraction of sp³-hybridized carbons (Fsp3) is 0.105. The predicted octanol–water partition coefficient (Wildman–Crippen LogP) is 2.70. The molecule has 2 heterocycles. The molecule has 0 aliphatic heterocycles. The Hall–Kier alpha value is -3.05. The first-order chi connectivity index (χ1) is 11.7. The zero-order chi connectivity index (χ0) is 17.6. The number of hydrogen-bond donors (Lipinski definition) is 2. The smallest absolute Gasteiger partial charge is 0.204 e. The zero-order valence-corrected chi connectivity index (χ0v) is 13.7. The van der Waals surface area contributed by atoms with Gasteiger partial charge in [-0.3, -0.25) is 14.8 Å². The lowest BCUT2D eigenvalue weighted by molar-refractivity contribution is -0.106. The van der Waals surface area contributed by atoms with Crippen LogP contribution in [-0.2, 0) is 11.3 Å². The molecule has 24 heavy (non-hydrogen) atoms. The Labute approximate surface area is 142 Å². The molecule has 0 aliphatic rings. The van der Waals surface area contributed by atoms with Gasteiger partial charge in [0.2, 0.25) is 6.41 Å². The SMILES string of the molecule is Cc1ccncc1.NC=O.NCc1cccc(-c2ccccc2)n1. The van der Waals surface area contributed by atoms with Crippen LogP contribution < -0.4 is 11.5 Å². The number of aromatic nitrogens is 2. The number of aryl methyl sites for hydroxylation is 1. The standard InChI is InChI=1S/C12H12N2.C6H7N.CH3NO/c13-9-11-7-4-8-12(14-11)10-5-2-1-3-6-10;1-6-2-4-7-5-3-6;2-1-3/h1-8H,9,13H2;2-5H,1H3;1H,(H2,2,3). The Morgan fingerprint density at radius 1 is 0.958 bits per heavy atom. The number of nitrogens with two attached hydrogens (primary N) is 2. The lowest BCUT2D eigenvalue weighted by Gasteiger charge is -2.02. The summed E-state index contributed by atoms with van der Waals surface area (Å²) >= 11 is 0. The average Bonchev–Trinajstić information content (AvgIpc) is 2.64. The highest BCUT2D eigenvalue weighted by Crippen LogP contribution is 2.15. The molecule has 124 valence electrons. The molecule has 2 aromatic heterocycles. The van der Waals surface area contributed by atoms with E-state index in [9.17, 15) is 0 Å². The van der Waals surface area contributed by atoms with E-state index in [0.29, 0.717) is 6.54 Å². The monoisotopic (exact) mass is 322 g/mol. The number of carbonyl (C=O) groups is 1. The van der Waals surface area contributed by atoms with E-state index in [2.05, 4.69) is 15.7 Å². The highest BCUT2D eigenvalue weighted by molar-refractivity contribution is 5.58. The van der Waals surface area contributed by atoms with E-state index in [0.717, 1.165) is 17.0 Å². The van der Waals surface area contributed by atoms with Crippen LogP contribution in [-0.4, -0.2) is 16.4 Å². The number of amides is 1. The van der Waals surface area contributed by atoms with Crippen molar-refractivity contribution in [3.05, 3.63) is 84.3 Å². The topological polar surface area (TPSA) is 94.9 Å².